The van der Waals surface area contributed by atoms with Crippen LogP contribution in [0.2, 0.25) is 0 Å². The number of halogens is 1. The van der Waals surface area contributed by atoms with Crippen LogP contribution in [0.5, 0.6) is 5.75 Å². The predicted molar refractivity (Wildman–Crippen MR) is 96.3 cm³/mol. The first-order valence-corrected chi connectivity index (χ1v) is 7.79. The van der Waals surface area contributed by atoms with Gasteiger partial charge in [0.2, 0.25) is 5.91 Å². The molecule has 0 aliphatic carbocycles. The number of ether oxygens (including phenoxy) is 1. The van der Waals surface area contributed by atoms with Crippen LogP contribution in [-0.4, -0.2) is 19.2 Å². The van der Waals surface area contributed by atoms with Gasteiger partial charge in [-0.3, -0.25) is 4.79 Å². The zero-order valence-corrected chi connectivity index (χ0v) is 13.7. The zero-order chi connectivity index (χ0) is 17.6. The van der Waals surface area contributed by atoms with Gasteiger partial charge in [0, 0.05) is 5.56 Å². The summed E-state index contributed by atoms with van der Waals surface area (Å²) in [5.41, 5.74) is 4.00. The molecule has 25 heavy (non-hydrogen) atoms. The maximum atomic E-state index is 12.9. The van der Waals surface area contributed by atoms with Crippen molar-refractivity contribution in [1.82, 2.24) is 5.43 Å². The van der Waals surface area contributed by atoms with Crippen LogP contribution in [0.3, 0.4) is 0 Å². The molecule has 0 heterocycles. The summed E-state index contributed by atoms with van der Waals surface area (Å²) in [5.74, 6) is 0.0718. The van der Waals surface area contributed by atoms with Crippen molar-refractivity contribution in [2.75, 3.05) is 7.11 Å². The van der Waals surface area contributed by atoms with Crippen molar-refractivity contribution in [1.29, 1.82) is 0 Å². The summed E-state index contributed by atoms with van der Waals surface area (Å²) in [6.45, 7) is 0. The number of hydrogen-bond donors (Lipinski definition) is 1. The molecule has 0 bridgehead atoms. The van der Waals surface area contributed by atoms with Crippen LogP contribution in [0.25, 0.3) is 10.8 Å². The van der Waals surface area contributed by atoms with Crippen LogP contribution in [0.4, 0.5) is 4.39 Å². The molecule has 0 atom stereocenters. The van der Waals surface area contributed by atoms with Gasteiger partial charge in [-0.05, 0) is 34.5 Å². The lowest BCUT2D eigenvalue weighted by molar-refractivity contribution is -0.120. The molecule has 0 unspecified atom stereocenters. The minimum atomic E-state index is -0.328. The third kappa shape index (κ3) is 4.01. The second-order valence-corrected chi connectivity index (χ2v) is 5.50. The largest absolute Gasteiger partial charge is 0.496 e. The predicted octanol–water partition coefficient (Wildman–Crippen LogP) is 3.68. The highest BCUT2D eigenvalue weighted by molar-refractivity contribution is 6.02. The average Bonchev–Trinajstić information content (AvgIpc) is 2.63. The number of benzene rings is 3. The molecular formula is C20H17FN2O2. The third-order valence-electron chi connectivity index (χ3n) is 3.81. The van der Waals surface area contributed by atoms with Crippen LogP contribution in [0.1, 0.15) is 11.1 Å². The molecule has 0 spiro atoms. The average molecular weight is 336 g/mol. The highest BCUT2D eigenvalue weighted by Crippen LogP contribution is 2.26. The maximum Gasteiger partial charge on any atom is 0.244 e. The summed E-state index contributed by atoms with van der Waals surface area (Å²) in [4.78, 5) is 12.0. The molecule has 0 radical (unpaired) electrons. The molecular weight excluding hydrogens is 319 g/mol. The second kappa shape index (κ2) is 7.57. The summed E-state index contributed by atoms with van der Waals surface area (Å²) in [7, 11) is 1.59. The topological polar surface area (TPSA) is 50.7 Å². The van der Waals surface area contributed by atoms with E-state index in [9.17, 15) is 9.18 Å². The summed E-state index contributed by atoms with van der Waals surface area (Å²) in [6, 6.07) is 17.5. The van der Waals surface area contributed by atoms with E-state index in [0.717, 1.165) is 21.9 Å². The Bertz CT molecular complexity index is 921. The minimum Gasteiger partial charge on any atom is -0.496 e. The molecule has 0 saturated heterocycles. The molecule has 0 saturated carbocycles. The Kier molecular flexibility index (Phi) is 5.04. The van der Waals surface area contributed by atoms with Gasteiger partial charge in [-0.2, -0.15) is 5.10 Å². The number of amides is 1. The van der Waals surface area contributed by atoms with Crippen LogP contribution in [0.15, 0.2) is 65.8 Å². The number of rotatable bonds is 5. The van der Waals surface area contributed by atoms with Crippen LogP contribution in [0, 0.1) is 5.82 Å². The first kappa shape index (κ1) is 16.6. The molecule has 1 amide bonds. The molecule has 0 fully saturated rings. The number of hydrazone groups is 1. The smallest absolute Gasteiger partial charge is 0.244 e. The molecule has 4 nitrogen and oxygen atoms in total. The Morgan fingerprint density at radius 2 is 1.88 bits per heavy atom. The second-order valence-electron chi connectivity index (χ2n) is 5.50. The van der Waals surface area contributed by atoms with Gasteiger partial charge in [0.1, 0.15) is 11.6 Å². The number of hydrogen-bond acceptors (Lipinski definition) is 3. The maximum absolute atomic E-state index is 12.9. The Hall–Kier alpha value is -3.21. The molecule has 0 aliphatic rings. The lowest BCUT2D eigenvalue weighted by Gasteiger charge is -2.08. The van der Waals surface area contributed by atoms with E-state index in [1.165, 1.54) is 12.1 Å². The van der Waals surface area contributed by atoms with Crippen molar-refractivity contribution < 1.29 is 13.9 Å². The lowest BCUT2D eigenvalue weighted by Crippen LogP contribution is -2.19. The molecule has 3 rings (SSSR count). The number of methoxy groups -OCH3 is 1. The van der Waals surface area contributed by atoms with E-state index in [2.05, 4.69) is 10.5 Å². The lowest BCUT2D eigenvalue weighted by atomic mass is 10.0. The first-order chi connectivity index (χ1) is 12.2. The summed E-state index contributed by atoms with van der Waals surface area (Å²) in [6.07, 6.45) is 1.70. The minimum absolute atomic E-state index is 0.129. The third-order valence-corrected chi connectivity index (χ3v) is 3.81. The van der Waals surface area contributed by atoms with Crippen molar-refractivity contribution in [2.24, 2.45) is 5.10 Å². The molecule has 5 heteroatoms. The van der Waals surface area contributed by atoms with Crippen LogP contribution in [-0.2, 0) is 11.2 Å². The van der Waals surface area contributed by atoms with E-state index in [1.807, 2.05) is 36.4 Å². The van der Waals surface area contributed by atoms with E-state index in [0.29, 0.717) is 5.75 Å². The van der Waals surface area contributed by atoms with Gasteiger partial charge in [0.05, 0.1) is 19.7 Å². The fourth-order valence-electron chi connectivity index (χ4n) is 2.58. The normalized spacial score (nSPS) is 11.0. The van der Waals surface area contributed by atoms with Crippen LogP contribution < -0.4 is 10.2 Å². The summed E-state index contributed by atoms with van der Waals surface area (Å²) in [5, 5.41) is 6.08. The van der Waals surface area contributed by atoms with E-state index < -0.39 is 0 Å². The summed E-state index contributed by atoms with van der Waals surface area (Å²) < 4.78 is 18.3. The molecule has 126 valence electrons. The Morgan fingerprint density at radius 1 is 1.12 bits per heavy atom. The molecule has 3 aromatic carbocycles. The van der Waals surface area contributed by atoms with Gasteiger partial charge in [-0.25, -0.2) is 9.82 Å². The molecule has 0 aliphatic heterocycles. The number of nitrogens with one attached hydrogen (secondary N) is 1. The van der Waals surface area contributed by atoms with Crippen molar-refractivity contribution in [3.63, 3.8) is 0 Å². The fraction of sp³-hybridized carbons (Fsp3) is 0.100. The van der Waals surface area contributed by atoms with Crippen molar-refractivity contribution in [3.8, 4) is 5.75 Å². The SMILES string of the molecule is COc1ccc2ccccc2c1/C=N/NC(=O)Cc1ccc(F)cc1. The van der Waals surface area contributed by atoms with Gasteiger partial charge >= 0.3 is 0 Å². The van der Waals surface area contributed by atoms with E-state index in [-0.39, 0.29) is 18.1 Å². The van der Waals surface area contributed by atoms with Crippen molar-refractivity contribution >= 4 is 22.9 Å². The number of fused-ring (bicyclic) bond motifs is 1. The van der Waals surface area contributed by atoms with E-state index in [1.54, 1.807) is 25.5 Å². The Morgan fingerprint density at radius 3 is 2.64 bits per heavy atom. The fourth-order valence-corrected chi connectivity index (χ4v) is 2.58. The summed E-state index contributed by atoms with van der Waals surface area (Å²) >= 11 is 0. The van der Waals surface area contributed by atoms with Crippen molar-refractivity contribution in [2.45, 2.75) is 6.42 Å². The van der Waals surface area contributed by atoms with Gasteiger partial charge in [-0.1, -0.05) is 42.5 Å². The first-order valence-electron chi connectivity index (χ1n) is 7.79. The zero-order valence-electron chi connectivity index (χ0n) is 13.7. The van der Waals surface area contributed by atoms with Gasteiger partial charge < -0.3 is 4.74 Å². The highest BCUT2D eigenvalue weighted by atomic mass is 19.1. The molecule has 0 aromatic heterocycles. The quantitative estimate of drug-likeness (QED) is 0.571. The van der Waals surface area contributed by atoms with Gasteiger partial charge in [0.15, 0.2) is 0 Å². The number of carbonyl (C=O) groups is 1. The Balaban J connectivity index is 1.74. The Labute approximate surface area is 144 Å². The monoisotopic (exact) mass is 336 g/mol. The van der Waals surface area contributed by atoms with Crippen LogP contribution >= 0.6 is 0 Å². The van der Waals surface area contributed by atoms with Gasteiger partial charge in [0.25, 0.3) is 0 Å². The number of nitrogens with zero attached hydrogens (tertiary/aromatic N) is 1. The van der Waals surface area contributed by atoms with E-state index >= 15 is 0 Å². The molecule has 1 N–H and O–H groups in total. The van der Waals surface area contributed by atoms with Crippen molar-refractivity contribution in [3.05, 3.63) is 77.6 Å². The standard InChI is InChI=1S/C20H17FN2O2/c1-25-19-11-8-15-4-2-3-5-17(15)18(19)13-22-23-20(24)12-14-6-9-16(21)10-7-14/h2-11,13H,12H2,1H3,(H,23,24)/b22-13+. The number of carbonyl (C=O) groups excluding carboxylic acids is 1. The highest BCUT2D eigenvalue weighted by Gasteiger charge is 2.06. The van der Waals surface area contributed by atoms with Gasteiger partial charge in [-0.15, -0.1) is 0 Å². The van der Waals surface area contributed by atoms with E-state index in [4.69, 9.17) is 4.74 Å². The molecule has 3 aromatic rings.